The smallest absolute Gasteiger partial charge is 0.261 e. The Bertz CT molecular complexity index is 940. The summed E-state index contributed by atoms with van der Waals surface area (Å²) in [5.74, 6) is 0.157. The molecule has 1 fully saturated rings. The lowest BCUT2D eigenvalue weighted by Crippen LogP contribution is -2.36. The fourth-order valence-electron chi connectivity index (χ4n) is 3.87. The minimum Gasteiger partial charge on any atom is -0.493 e. The lowest BCUT2D eigenvalue weighted by atomic mass is 9.95. The van der Waals surface area contributed by atoms with Crippen LogP contribution in [0.3, 0.4) is 0 Å². The topological polar surface area (TPSA) is 79.5 Å². The van der Waals surface area contributed by atoms with Gasteiger partial charge in [0.2, 0.25) is 0 Å². The quantitative estimate of drug-likeness (QED) is 0.338. The highest BCUT2D eigenvalue weighted by molar-refractivity contribution is 7.80. The molecule has 0 unspecified atom stereocenters. The van der Waals surface area contributed by atoms with Crippen molar-refractivity contribution >= 4 is 34.8 Å². The Kier molecular flexibility index (Phi) is 9.69. The standard InChI is InChI=1S/C26H33N3O3S/c1-2-3-9-18-32-23-13-8-7-12-22(23)25(31)29-26(33)28-21-16-14-19(15-17-21)24(30)27-20-10-5-4-6-11-20/h7-8,12-17,20H,2-6,9-11,18H2,1H3,(H,27,30)(H2,28,29,31,33). The first-order chi connectivity index (χ1) is 16.1. The molecule has 0 aliphatic heterocycles. The number of unbranched alkanes of at least 4 members (excludes halogenated alkanes) is 2. The van der Waals surface area contributed by atoms with Gasteiger partial charge in [0.15, 0.2) is 5.11 Å². The van der Waals surface area contributed by atoms with Crippen molar-refractivity contribution in [3.8, 4) is 5.75 Å². The lowest BCUT2D eigenvalue weighted by Gasteiger charge is -2.22. The normalized spacial score (nSPS) is 13.7. The molecule has 2 amide bonds. The predicted octanol–water partition coefficient (Wildman–Crippen LogP) is 5.44. The highest BCUT2D eigenvalue weighted by atomic mass is 32.1. The van der Waals surface area contributed by atoms with E-state index in [2.05, 4.69) is 22.9 Å². The molecule has 176 valence electrons. The molecule has 0 spiro atoms. The zero-order valence-corrected chi connectivity index (χ0v) is 20.0. The Labute approximate surface area is 201 Å². The molecule has 1 aliphatic carbocycles. The van der Waals surface area contributed by atoms with Gasteiger partial charge in [-0.05, 0) is 67.9 Å². The van der Waals surface area contributed by atoms with E-state index in [1.165, 1.54) is 19.3 Å². The van der Waals surface area contributed by atoms with Gasteiger partial charge in [0.25, 0.3) is 11.8 Å². The van der Waals surface area contributed by atoms with Crippen molar-refractivity contribution in [1.29, 1.82) is 0 Å². The Hall–Kier alpha value is -2.93. The number of nitrogens with one attached hydrogen (secondary N) is 3. The summed E-state index contributed by atoms with van der Waals surface area (Å²) in [5, 5.41) is 8.99. The van der Waals surface area contributed by atoms with Gasteiger partial charge in [-0.2, -0.15) is 0 Å². The van der Waals surface area contributed by atoms with Gasteiger partial charge in [-0.25, -0.2) is 0 Å². The summed E-state index contributed by atoms with van der Waals surface area (Å²) in [5.41, 5.74) is 1.74. The number of carbonyl (C=O) groups excluding carboxylic acids is 2. The third-order valence-electron chi connectivity index (χ3n) is 5.71. The van der Waals surface area contributed by atoms with Crippen molar-refractivity contribution in [2.75, 3.05) is 11.9 Å². The van der Waals surface area contributed by atoms with Crippen LogP contribution in [0, 0.1) is 0 Å². The van der Waals surface area contributed by atoms with Crippen molar-refractivity contribution in [1.82, 2.24) is 10.6 Å². The van der Waals surface area contributed by atoms with Crippen LogP contribution >= 0.6 is 12.2 Å². The monoisotopic (exact) mass is 467 g/mol. The van der Waals surface area contributed by atoms with Crippen LogP contribution in [0.25, 0.3) is 0 Å². The fraction of sp³-hybridized carbons (Fsp3) is 0.423. The average molecular weight is 468 g/mol. The second-order valence-electron chi connectivity index (χ2n) is 8.35. The minimum atomic E-state index is -0.331. The summed E-state index contributed by atoms with van der Waals surface area (Å²) in [4.78, 5) is 25.2. The molecule has 1 aliphatic rings. The van der Waals surface area contributed by atoms with Crippen LogP contribution in [0.5, 0.6) is 5.75 Å². The minimum absolute atomic E-state index is 0.0557. The SMILES string of the molecule is CCCCCOc1ccccc1C(=O)NC(=S)Nc1ccc(C(=O)NC2CCCCC2)cc1. The summed E-state index contributed by atoms with van der Waals surface area (Å²) < 4.78 is 5.79. The van der Waals surface area contributed by atoms with Gasteiger partial charge in [0.05, 0.1) is 12.2 Å². The van der Waals surface area contributed by atoms with Gasteiger partial charge in [0.1, 0.15) is 5.75 Å². The molecule has 0 saturated heterocycles. The maximum absolute atomic E-state index is 12.7. The van der Waals surface area contributed by atoms with Gasteiger partial charge < -0.3 is 15.4 Å². The predicted molar refractivity (Wildman–Crippen MR) is 136 cm³/mol. The molecule has 0 bridgehead atoms. The zero-order chi connectivity index (χ0) is 23.5. The lowest BCUT2D eigenvalue weighted by molar-refractivity contribution is 0.0926. The second kappa shape index (κ2) is 12.9. The Morgan fingerprint density at radius 1 is 0.970 bits per heavy atom. The maximum atomic E-state index is 12.7. The molecule has 3 rings (SSSR count). The maximum Gasteiger partial charge on any atom is 0.261 e. The molecule has 33 heavy (non-hydrogen) atoms. The summed E-state index contributed by atoms with van der Waals surface area (Å²) in [6, 6.07) is 14.5. The Morgan fingerprint density at radius 2 is 1.70 bits per heavy atom. The molecular weight excluding hydrogens is 434 g/mol. The number of amides is 2. The summed E-state index contributed by atoms with van der Waals surface area (Å²) >= 11 is 5.31. The first-order valence-electron chi connectivity index (χ1n) is 11.8. The third-order valence-corrected chi connectivity index (χ3v) is 5.91. The molecule has 6 nitrogen and oxygen atoms in total. The van der Waals surface area contributed by atoms with Gasteiger partial charge in [-0.3, -0.25) is 14.9 Å². The molecule has 0 aromatic heterocycles. The molecule has 0 heterocycles. The molecule has 2 aromatic carbocycles. The van der Waals surface area contributed by atoms with Crippen molar-refractivity contribution in [2.24, 2.45) is 0 Å². The molecule has 2 aromatic rings. The number of hydrogen-bond donors (Lipinski definition) is 3. The van der Waals surface area contributed by atoms with E-state index >= 15 is 0 Å². The van der Waals surface area contributed by atoms with E-state index in [1.807, 2.05) is 6.07 Å². The Morgan fingerprint density at radius 3 is 2.42 bits per heavy atom. The van der Waals surface area contributed by atoms with Crippen molar-refractivity contribution in [3.05, 3.63) is 59.7 Å². The molecule has 0 atom stereocenters. The van der Waals surface area contributed by atoms with Crippen LogP contribution in [0.4, 0.5) is 5.69 Å². The van der Waals surface area contributed by atoms with E-state index in [0.717, 1.165) is 32.1 Å². The van der Waals surface area contributed by atoms with E-state index in [1.54, 1.807) is 42.5 Å². The fourth-order valence-corrected chi connectivity index (χ4v) is 4.08. The average Bonchev–Trinajstić information content (AvgIpc) is 2.83. The summed E-state index contributed by atoms with van der Waals surface area (Å²) in [6.07, 6.45) is 8.83. The van der Waals surface area contributed by atoms with Gasteiger partial charge >= 0.3 is 0 Å². The zero-order valence-electron chi connectivity index (χ0n) is 19.2. The summed E-state index contributed by atoms with van der Waals surface area (Å²) in [7, 11) is 0. The van der Waals surface area contributed by atoms with Crippen molar-refractivity contribution < 1.29 is 14.3 Å². The molecule has 1 saturated carbocycles. The van der Waals surface area contributed by atoms with Gasteiger partial charge in [0, 0.05) is 17.3 Å². The van der Waals surface area contributed by atoms with Crippen LogP contribution in [0.15, 0.2) is 48.5 Å². The van der Waals surface area contributed by atoms with E-state index in [-0.39, 0.29) is 23.0 Å². The van der Waals surface area contributed by atoms with E-state index in [4.69, 9.17) is 17.0 Å². The van der Waals surface area contributed by atoms with Crippen LogP contribution in [0.1, 0.15) is 79.0 Å². The van der Waals surface area contributed by atoms with E-state index in [9.17, 15) is 9.59 Å². The molecule has 7 heteroatoms. The van der Waals surface area contributed by atoms with Crippen LogP contribution in [-0.2, 0) is 0 Å². The van der Waals surface area contributed by atoms with Crippen molar-refractivity contribution in [2.45, 2.75) is 64.3 Å². The highest BCUT2D eigenvalue weighted by Crippen LogP contribution is 2.19. The third kappa shape index (κ3) is 7.86. The number of para-hydroxylation sites is 1. The molecule has 0 radical (unpaired) electrons. The highest BCUT2D eigenvalue weighted by Gasteiger charge is 2.17. The van der Waals surface area contributed by atoms with Gasteiger partial charge in [-0.15, -0.1) is 0 Å². The molecular formula is C26H33N3O3S. The second-order valence-corrected chi connectivity index (χ2v) is 8.75. The Balaban J connectivity index is 1.51. The number of benzene rings is 2. The summed E-state index contributed by atoms with van der Waals surface area (Å²) in [6.45, 7) is 2.71. The molecule has 3 N–H and O–H groups in total. The largest absolute Gasteiger partial charge is 0.493 e. The first kappa shape index (κ1) is 24.7. The first-order valence-corrected chi connectivity index (χ1v) is 12.2. The number of ether oxygens (including phenoxy) is 1. The van der Waals surface area contributed by atoms with Crippen LogP contribution < -0.4 is 20.7 Å². The number of rotatable bonds is 9. The number of carbonyl (C=O) groups is 2. The van der Waals surface area contributed by atoms with E-state index < -0.39 is 0 Å². The number of anilines is 1. The van der Waals surface area contributed by atoms with Gasteiger partial charge in [-0.1, -0.05) is 51.2 Å². The van der Waals surface area contributed by atoms with Crippen LogP contribution in [-0.4, -0.2) is 29.6 Å². The van der Waals surface area contributed by atoms with Crippen LogP contribution in [0.2, 0.25) is 0 Å². The van der Waals surface area contributed by atoms with Crippen molar-refractivity contribution in [3.63, 3.8) is 0 Å². The van der Waals surface area contributed by atoms with E-state index in [0.29, 0.717) is 29.2 Å². The number of thiocarbonyl (C=S) groups is 1. The number of hydrogen-bond acceptors (Lipinski definition) is 4.